The number of allylic oxidation sites excluding steroid dienone is 1. The van der Waals surface area contributed by atoms with Crippen molar-refractivity contribution in [2.45, 2.75) is 50.2 Å². The van der Waals surface area contributed by atoms with Gasteiger partial charge in [-0.1, -0.05) is 11.8 Å². The van der Waals surface area contributed by atoms with Gasteiger partial charge in [0.1, 0.15) is 22.9 Å². The van der Waals surface area contributed by atoms with E-state index in [1.54, 1.807) is 25.1 Å². The summed E-state index contributed by atoms with van der Waals surface area (Å²) in [7, 11) is 3.36. The molecule has 4 rings (SSSR count). The number of Topliss-reactive ketones (excluding diaryl/α,β-unsaturated/α-hetero) is 1. The van der Waals surface area contributed by atoms with Crippen molar-refractivity contribution in [2.75, 3.05) is 14.1 Å². The lowest BCUT2D eigenvalue weighted by atomic mass is 9.59. The van der Waals surface area contributed by atoms with Crippen LogP contribution in [0.25, 0.3) is 0 Å². The van der Waals surface area contributed by atoms with Crippen molar-refractivity contribution >= 4 is 11.7 Å². The molecule has 6 N–H and O–H groups in total. The van der Waals surface area contributed by atoms with E-state index in [0.717, 1.165) is 0 Å². The van der Waals surface area contributed by atoms with Crippen molar-refractivity contribution in [3.8, 4) is 23.7 Å². The Kier molecular flexibility index (Phi) is 6.57. The number of nitrogens with two attached hydrogens (primary N) is 1. The van der Waals surface area contributed by atoms with E-state index in [-0.39, 0.29) is 41.1 Å². The number of hydrogen-bond donors (Lipinski definition) is 5. The van der Waals surface area contributed by atoms with Crippen LogP contribution in [-0.2, 0) is 11.2 Å². The SMILES string of the molecule is CN(C)C1C(O)=C(C(N)=O)CC2(O)C(O)=C3C(=O)c4c(O)ccc(C#CCCCC#N)c4CC3CC12. The number of fused-ring (bicyclic) bond motifs is 3. The molecule has 0 fully saturated rings. The number of nitriles is 1. The molecule has 1 aromatic carbocycles. The number of aliphatic hydroxyl groups excluding tert-OH is 2. The zero-order valence-corrected chi connectivity index (χ0v) is 20.2. The fraction of sp³-hybridized carbons (Fsp3) is 0.444. The van der Waals surface area contributed by atoms with Gasteiger partial charge in [-0.2, -0.15) is 5.26 Å². The number of phenols is 1. The molecule has 3 aliphatic rings. The van der Waals surface area contributed by atoms with Gasteiger partial charge in [0.25, 0.3) is 0 Å². The first-order valence-corrected chi connectivity index (χ1v) is 11.8. The number of rotatable bonds is 4. The smallest absolute Gasteiger partial charge is 0.248 e. The second kappa shape index (κ2) is 9.34. The molecule has 0 saturated carbocycles. The number of carbonyl (C=O) groups excluding carboxylic acids is 2. The fourth-order valence-electron chi connectivity index (χ4n) is 5.86. The zero-order valence-electron chi connectivity index (χ0n) is 20.2. The molecular weight excluding hydrogens is 462 g/mol. The average molecular weight is 492 g/mol. The highest BCUT2D eigenvalue weighted by Crippen LogP contribution is 2.53. The first-order valence-electron chi connectivity index (χ1n) is 11.8. The van der Waals surface area contributed by atoms with Gasteiger partial charge in [-0.15, -0.1) is 0 Å². The first-order chi connectivity index (χ1) is 17.0. The van der Waals surface area contributed by atoms with E-state index >= 15 is 0 Å². The van der Waals surface area contributed by atoms with Crippen molar-refractivity contribution in [1.29, 1.82) is 5.26 Å². The molecule has 1 amide bonds. The number of likely N-dealkylation sites (N-methyl/N-ethyl adjacent to an activating group) is 1. The van der Waals surface area contributed by atoms with Gasteiger partial charge in [0.2, 0.25) is 5.91 Å². The molecule has 4 unspecified atom stereocenters. The number of ketones is 1. The molecule has 3 aliphatic carbocycles. The van der Waals surface area contributed by atoms with Gasteiger partial charge in [-0.05, 0) is 57.0 Å². The van der Waals surface area contributed by atoms with Crippen LogP contribution in [0.15, 0.2) is 34.8 Å². The zero-order chi connectivity index (χ0) is 26.4. The quantitative estimate of drug-likeness (QED) is 0.315. The molecule has 9 heteroatoms. The fourth-order valence-corrected chi connectivity index (χ4v) is 5.86. The van der Waals surface area contributed by atoms with Crippen molar-refractivity contribution in [1.82, 2.24) is 4.90 Å². The Morgan fingerprint density at radius 3 is 2.61 bits per heavy atom. The van der Waals surface area contributed by atoms with Crippen molar-refractivity contribution in [3.63, 3.8) is 0 Å². The summed E-state index contributed by atoms with van der Waals surface area (Å²) in [6.07, 6.45) is 1.64. The highest BCUT2D eigenvalue weighted by Gasteiger charge is 2.58. The molecule has 36 heavy (non-hydrogen) atoms. The molecule has 0 heterocycles. The standard InChI is InChI=1S/C27H29N3O6/c1-30(2)22-18-12-15-11-16-14(7-5-3-4-6-10-28)8-9-19(31)21(16)24(33)20(15)25(34)27(18,36)13-17(23(22)32)26(29)35/h8-9,15,18,22,31-32,34,36H,3-4,6,11-13H2,1-2H3,(H2,29,35). The summed E-state index contributed by atoms with van der Waals surface area (Å²) in [4.78, 5) is 27.3. The number of carbonyl (C=O) groups is 2. The summed E-state index contributed by atoms with van der Waals surface area (Å²) in [5.74, 6) is 2.27. The van der Waals surface area contributed by atoms with Gasteiger partial charge in [0.15, 0.2) is 5.78 Å². The summed E-state index contributed by atoms with van der Waals surface area (Å²) in [6, 6.07) is 4.28. The molecule has 0 bridgehead atoms. The van der Waals surface area contributed by atoms with Crippen LogP contribution < -0.4 is 5.73 Å². The summed E-state index contributed by atoms with van der Waals surface area (Å²) in [5, 5.41) is 53.1. The second-order valence-corrected chi connectivity index (χ2v) is 9.87. The topological polar surface area (TPSA) is 168 Å². The molecule has 188 valence electrons. The van der Waals surface area contributed by atoms with Crippen LogP contribution in [0, 0.1) is 35.0 Å². The number of amides is 1. The van der Waals surface area contributed by atoms with Crippen molar-refractivity contribution in [2.24, 2.45) is 17.6 Å². The van der Waals surface area contributed by atoms with Crippen LogP contribution in [0.4, 0.5) is 0 Å². The average Bonchev–Trinajstić information content (AvgIpc) is 2.81. The minimum atomic E-state index is -1.99. The number of unbranched alkanes of at least 4 members (excludes halogenated alkanes) is 2. The Morgan fingerprint density at radius 1 is 1.25 bits per heavy atom. The third-order valence-corrected chi connectivity index (χ3v) is 7.52. The number of benzene rings is 1. The minimum Gasteiger partial charge on any atom is -0.510 e. The summed E-state index contributed by atoms with van der Waals surface area (Å²) in [6.45, 7) is 0. The molecule has 1 aromatic rings. The minimum absolute atomic E-state index is 0.00149. The van der Waals surface area contributed by atoms with Gasteiger partial charge >= 0.3 is 0 Å². The summed E-state index contributed by atoms with van der Waals surface area (Å²) in [5.41, 5.74) is 4.46. The Labute approximate surface area is 209 Å². The highest BCUT2D eigenvalue weighted by molar-refractivity contribution is 6.13. The highest BCUT2D eigenvalue weighted by atomic mass is 16.3. The Hall–Kier alpha value is -3.79. The van der Waals surface area contributed by atoms with Crippen LogP contribution in [-0.4, -0.2) is 62.8 Å². The largest absolute Gasteiger partial charge is 0.510 e. The van der Waals surface area contributed by atoms with E-state index in [1.807, 2.05) is 0 Å². The van der Waals surface area contributed by atoms with Crippen LogP contribution >= 0.6 is 0 Å². The Balaban J connectivity index is 1.82. The van der Waals surface area contributed by atoms with Gasteiger partial charge in [-0.3, -0.25) is 14.5 Å². The van der Waals surface area contributed by atoms with Crippen LogP contribution in [0.3, 0.4) is 0 Å². The maximum Gasteiger partial charge on any atom is 0.248 e. The number of aromatic hydroxyl groups is 1. The van der Waals surface area contributed by atoms with Crippen LogP contribution in [0.1, 0.15) is 53.6 Å². The third-order valence-electron chi connectivity index (χ3n) is 7.52. The van der Waals surface area contributed by atoms with E-state index in [9.17, 15) is 30.0 Å². The van der Waals surface area contributed by atoms with E-state index in [4.69, 9.17) is 11.0 Å². The maximum absolute atomic E-state index is 13.6. The predicted molar refractivity (Wildman–Crippen MR) is 130 cm³/mol. The van der Waals surface area contributed by atoms with Gasteiger partial charge < -0.3 is 26.2 Å². The molecule has 0 spiro atoms. The third kappa shape index (κ3) is 3.91. The van der Waals surface area contributed by atoms with Gasteiger partial charge in [0.05, 0.1) is 23.2 Å². The Morgan fingerprint density at radius 2 is 1.97 bits per heavy atom. The Bertz CT molecular complexity index is 1310. The first kappa shape index (κ1) is 25.3. The number of hydrogen-bond acceptors (Lipinski definition) is 8. The molecule has 9 nitrogen and oxygen atoms in total. The molecule has 0 aromatic heterocycles. The number of aliphatic hydroxyl groups is 3. The van der Waals surface area contributed by atoms with E-state index < -0.39 is 47.3 Å². The number of primary amides is 1. The van der Waals surface area contributed by atoms with E-state index in [2.05, 4.69) is 17.9 Å². The molecule has 0 aliphatic heterocycles. The maximum atomic E-state index is 13.6. The number of nitrogens with zero attached hydrogens (tertiary/aromatic N) is 2. The lowest BCUT2D eigenvalue weighted by molar-refractivity contribution is -0.118. The summed E-state index contributed by atoms with van der Waals surface area (Å²) >= 11 is 0. The van der Waals surface area contributed by atoms with Crippen LogP contribution in [0.2, 0.25) is 0 Å². The van der Waals surface area contributed by atoms with E-state index in [1.165, 1.54) is 6.07 Å². The van der Waals surface area contributed by atoms with Gasteiger partial charge in [-0.25, -0.2) is 0 Å². The second-order valence-electron chi connectivity index (χ2n) is 9.87. The van der Waals surface area contributed by atoms with Gasteiger partial charge in [0, 0.05) is 36.3 Å². The molecular formula is C27H29N3O6. The molecule has 0 radical (unpaired) electrons. The lowest BCUT2D eigenvalue weighted by Crippen LogP contribution is -2.59. The monoisotopic (exact) mass is 491 g/mol. The lowest BCUT2D eigenvalue weighted by Gasteiger charge is -2.51. The number of phenolic OH excluding ortho intramolecular Hbond substituents is 1. The summed E-state index contributed by atoms with van der Waals surface area (Å²) < 4.78 is 0. The van der Waals surface area contributed by atoms with Crippen molar-refractivity contribution < 1.29 is 30.0 Å². The molecule has 4 atom stereocenters. The van der Waals surface area contributed by atoms with Crippen LogP contribution in [0.5, 0.6) is 5.75 Å². The predicted octanol–water partition coefficient (Wildman–Crippen LogP) is 1.99. The molecule has 0 saturated heterocycles. The van der Waals surface area contributed by atoms with E-state index in [0.29, 0.717) is 30.4 Å². The van der Waals surface area contributed by atoms with Crippen molar-refractivity contribution in [3.05, 3.63) is 51.5 Å². The normalized spacial score (nSPS) is 27.0.